The molecule has 0 spiro atoms. The van der Waals surface area contributed by atoms with Crippen LogP contribution in [0.4, 0.5) is 0 Å². The van der Waals surface area contributed by atoms with Crippen molar-refractivity contribution >= 4 is 11.9 Å². The highest BCUT2D eigenvalue weighted by Crippen LogP contribution is 2.48. The van der Waals surface area contributed by atoms with Gasteiger partial charge in [0.05, 0.1) is 26.2 Å². The van der Waals surface area contributed by atoms with Gasteiger partial charge in [-0.2, -0.15) is 0 Å². The Morgan fingerprint density at radius 1 is 0.920 bits per heavy atom. The van der Waals surface area contributed by atoms with Crippen LogP contribution in [0.1, 0.15) is 73.7 Å². The first-order valence-electron chi connectivity index (χ1n) is 17.4. The van der Waals surface area contributed by atoms with Crippen LogP contribution < -0.4 is 14.2 Å². The van der Waals surface area contributed by atoms with Gasteiger partial charge in [0.1, 0.15) is 12.4 Å². The van der Waals surface area contributed by atoms with Crippen molar-refractivity contribution in [3.05, 3.63) is 99.1 Å². The van der Waals surface area contributed by atoms with Crippen LogP contribution in [0.15, 0.2) is 66.7 Å². The Labute approximate surface area is 293 Å². The van der Waals surface area contributed by atoms with Gasteiger partial charge in [-0.3, -0.25) is 14.5 Å². The maximum absolute atomic E-state index is 14.3. The molecule has 1 fully saturated rings. The number of hydrogen-bond acceptors (Lipinski definition) is 10. The molecule has 3 atom stereocenters. The first-order chi connectivity index (χ1) is 24.3. The zero-order chi connectivity index (χ0) is 35.5. The first-order valence-corrected chi connectivity index (χ1v) is 17.4. The highest BCUT2D eigenvalue weighted by molar-refractivity contribution is 5.80. The molecule has 0 radical (unpaired) electrons. The van der Waals surface area contributed by atoms with Crippen molar-refractivity contribution in [2.45, 2.75) is 64.5 Å². The second-order valence-corrected chi connectivity index (χ2v) is 12.7. The molecule has 268 valence electrons. The molecular formula is C38H47N3O9. The molecule has 50 heavy (non-hydrogen) atoms. The van der Waals surface area contributed by atoms with E-state index in [-0.39, 0.29) is 44.3 Å². The highest BCUT2D eigenvalue weighted by atomic mass is 16.9. The Morgan fingerprint density at radius 3 is 2.24 bits per heavy atom. The molecular weight excluding hydrogens is 642 g/mol. The van der Waals surface area contributed by atoms with Gasteiger partial charge in [0.2, 0.25) is 12.7 Å². The van der Waals surface area contributed by atoms with Crippen LogP contribution >= 0.6 is 0 Å². The molecule has 0 aromatic heterocycles. The van der Waals surface area contributed by atoms with Crippen molar-refractivity contribution < 1.29 is 38.5 Å². The van der Waals surface area contributed by atoms with Crippen molar-refractivity contribution in [2.75, 3.05) is 46.7 Å². The standard InChI is InChI=1S/C38H47N3O9/c1-4-6-19-39(20-7-5-2)35(42)24-40-23-32(30-14-17-33-34(22-30)49-26-48-33)36(37(40)29-12-15-31(46-3)16-13-29)38(43)47-21-18-27-8-10-28(11-9-27)25-50-41(44)45/h8-17,22,32,36-37H,4-7,18-21,23-26H2,1-3H3/t32-,36-,37+/m1/s1. The topological polar surface area (TPSA) is 130 Å². The summed E-state index contributed by atoms with van der Waals surface area (Å²) in [5.41, 5.74) is 3.38. The summed E-state index contributed by atoms with van der Waals surface area (Å²) in [5.74, 6) is 0.757. The van der Waals surface area contributed by atoms with E-state index >= 15 is 0 Å². The van der Waals surface area contributed by atoms with Gasteiger partial charge >= 0.3 is 5.97 Å². The van der Waals surface area contributed by atoms with E-state index in [0.29, 0.717) is 48.9 Å². The average molecular weight is 690 g/mol. The number of esters is 1. The molecule has 2 aliphatic heterocycles. The number of benzene rings is 3. The van der Waals surface area contributed by atoms with Gasteiger partial charge in [-0.05, 0) is 59.4 Å². The molecule has 1 saturated heterocycles. The molecule has 0 unspecified atom stereocenters. The monoisotopic (exact) mass is 689 g/mol. The fourth-order valence-corrected chi connectivity index (χ4v) is 6.69. The normalized spacial score (nSPS) is 18.1. The van der Waals surface area contributed by atoms with Crippen molar-refractivity contribution in [1.29, 1.82) is 0 Å². The predicted molar refractivity (Wildman–Crippen MR) is 185 cm³/mol. The fourth-order valence-electron chi connectivity index (χ4n) is 6.69. The summed E-state index contributed by atoms with van der Waals surface area (Å²) in [6.45, 7) is 6.44. The Morgan fingerprint density at radius 2 is 1.58 bits per heavy atom. The van der Waals surface area contributed by atoms with Crippen molar-refractivity contribution in [3.8, 4) is 17.2 Å². The quantitative estimate of drug-likeness (QED) is 0.0877. The van der Waals surface area contributed by atoms with Crippen LogP contribution in [0.25, 0.3) is 0 Å². The van der Waals surface area contributed by atoms with E-state index in [1.807, 2.05) is 59.5 Å². The minimum Gasteiger partial charge on any atom is -0.497 e. The predicted octanol–water partition coefficient (Wildman–Crippen LogP) is 6.10. The lowest BCUT2D eigenvalue weighted by Crippen LogP contribution is -2.42. The molecule has 3 aromatic carbocycles. The second kappa shape index (κ2) is 17.7. The highest BCUT2D eigenvalue weighted by Gasteiger charge is 2.49. The van der Waals surface area contributed by atoms with Gasteiger partial charge in [0.15, 0.2) is 11.5 Å². The number of carbonyl (C=O) groups is 2. The summed E-state index contributed by atoms with van der Waals surface area (Å²) < 4.78 is 22.7. The molecule has 0 aliphatic carbocycles. The van der Waals surface area contributed by atoms with Gasteiger partial charge in [0, 0.05) is 38.0 Å². The van der Waals surface area contributed by atoms with E-state index in [4.69, 9.17) is 18.9 Å². The maximum Gasteiger partial charge on any atom is 0.311 e. The summed E-state index contributed by atoms with van der Waals surface area (Å²) in [6, 6.07) is 20.2. The largest absolute Gasteiger partial charge is 0.497 e. The first kappa shape index (κ1) is 36.4. The van der Waals surface area contributed by atoms with Gasteiger partial charge in [0.25, 0.3) is 5.09 Å². The van der Waals surface area contributed by atoms with Gasteiger partial charge in [-0.15, -0.1) is 10.1 Å². The number of likely N-dealkylation sites (tertiary alicyclic amines) is 1. The number of hydrogen-bond donors (Lipinski definition) is 0. The number of ether oxygens (including phenoxy) is 4. The third-order valence-corrected chi connectivity index (χ3v) is 9.40. The van der Waals surface area contributed by atoms with Crippen molar-refractivity contribution in [3.63, 3.8) is 0 Å². The third kappa shape index (κ3) is 9.23. The third-order valence-electron chi connectivity index (χ3n) is 9.40. The van der Waals surface area contributed by atoms with E-state index in [1.54, 1.807) is 19.2 Å². The Bertz CT molecular complexity index is 1570. The number of rotatable bonds is 18. The van der Waals surface area contributed by atoms with Crippen molar-refractivity contribution in [1.82, 2.24) is 9.80 Å². The van der Waals surface area contributed by atoms with Crippen LogP contribution in [-0.4, -0.2) is 73.5 Å². The van der Waals surface area contributed by atoms with E-state index in [9.17, 15) is 19.7 Å². The number of fused-ring (bicyclic) bond motifs is 1. The molecule has 0 saturated carbocycles. The van der Waals surface area contributed by atoms with Crippen molar-refractivity contribution in [2.24, 2.45) is 5.92 Å². The lowest BCUT2D eigenvalue weighted by Gasteiger charge is -2.30. The fraction of sp³-hybridized carbons (Fsp3) is 0.474. The summed E-state index contributed by atoms with van der Waals surface area (Å²) >= 11 is 0. The minimum atomic E-state index is -0.821. The number of methoxy groups -OCH3 is 1. The molecule has 0 N–H and O–H groups in total. The van der Waals surface area contributed by atoms with Crippen LogP contribution in [-0.2, 0) is 32.2 Å². The Kier molecular flexibility index (Phi) is 12.9. The SMILES string of the molecule is CCCCN(CCCC)C(=O)CN1C[C@H](c2ccc3c(c2)OCO3)[C@@H](C(=O)OCCc2ccc(CO[N+](=O)[O-])cc2)[C@@H]1c1ccc(OC)cc1. The molecule has 2 heterocycles. The summed E-state index contributed by atoms with van der Waals surface area (Å²) in [5, 5.41) is 9.71. The molecule has 12 heteroatoms. The molecule has 0 bridgehead atoms. The Balaban J connectivity index is 1.42. The molecule has 3 aromatic rings. The molecule has 2 aliphatic rings. The lowest BCUT2D eigenvalue weighted by molar-refractivity contribution is -0.763. The van der Waals surface area contributed by atoms with Gasteiger partial charge in [-0.25, -0.2) is 0 Å². The van der Waals surface area contributed by atoms with E-state index in [2.05, 4.69) is 23.6 Å². The lowest BCUT2D eigenvalue weighted by atomic mass is 9.82. The Hall–Kier alpha value is -4.84. The maximum atomic E-state index is 14.3. The van der Waals surface area contributed by atoms with Crippen LogP contribution in [0.5, 0.6) is 17.2 Å². The van der Waals surface area contributed by atoms with E-state index in [0.717, 1.165) is 42.4 Å². The van der Waals surface area contributed by atoms with E-state index in [1.165, 1.54) is 0 Å². The van der Waals surface area contributed by atoms with Crippen LogP contribution in [0, 0.1) is 16.0 Å². The minimum absolute atomic E-state index is 0.0518. The smallest absolute Gasteiger partial charge is 0.311 e. The summed E-state index contributed by atoms with van der Waals surface area (Å²) in [6.07, 6.45) is 4.31. The van der Waals surface area contributed by atoms with Crippen LogP contribution in [0.3, 0.4) is 0 Å². The molecule has 1 amide bonds. The van der Waals surface area contributed by atoms with Gasteiger partial charge in [-0.1, -0.05) is 69.2 Å². The van der Waals surface area contributed by atoms with E-state index < -0.39 is 17.0 Å². The zero-order valence-electron chi connectivity index (χ0n) is 29.1. The van der Waals surface area contributed by atoms with Gasteiger partial charge < -0.3 is 28.7 Å². The number of unbranched alkanes of at least 4 members (excludes halogenated alkanes) is 2. The number of carbonyl (C=O) groups excluding carboxylic acids is 2. The summed E-state index contributed by atoms with van der Waals surface area (Å²) in [4.78, 5) is 47.3. The zero-order valence-corrected chi connectivity index (χ0v) is 29.1. The number of nitrogens with zero attached hydrogens (tertiary/aromatic N) is 3. The summed E-state index contributed by atoms with van der Waals surface area (Å²) in [7, 11) is 1.61. The second-order valence-electron chi connectivity index (χ2n) is 12.7. The molecule has 5 rings (SSSR count). The molecule has 12 nitrogen and oxygen atoms in total. The van der Waals surface area contributed by atoms with Crippen LogP contribution in [0.2, 0.25) is 0 Å². The number of amides is 1. The average Bonchev–Trinajstić information content (AvgIpc) is 3.76.